The van der Waals surface area contributed by atoms with Gasteiger partial charge in [0.2, 0.25) is 0 Å². The molecule has 0 bridgehead atoms. The van der Waals surface area contributed by atoms with Crippen LogP contribution in [0.2, 0.25) is 5.02 Å². The largest absolute Gasteiger partial charge is 0.492 e. The van der Waals surface area contributed by atoms with Crippen LogP contribution in [0.5, 0.6) is 11.5 Å². The van der Waals surface area contributed by atoms with Gasteiger partial charge in [0.15, 0.2) is 0 Å². The third kappa shape index (κ3) is 6.32. The molecule has 7 heteroatoms. The second-order valence-electron chi connectivity index (χ2n) is 9.36. The second kappa shape index (κ2) is 10.8. The van der Waals surface area contributed by atoms with E-state index in [1.54, 1.807) is 6.20 Å². The summed E-state index contributed by atoms with van der Waals surface area (Å²) in [5.41, 5.74) is 2.26. The zero-order chi connectivity index (χ0) is 24.1. The zero-order valence-corrected chi connectivity index (χ0v) is 21.0. The summed E-state index contributed by atoms with van der Waals surface area (Å²) in [6.45, 7) is 9.83. The first-order chi connectivity index (χ1) is 16.3. The summed E-state index contributed by atoms with van der Waals surface area (Å²) in [6, 6.07) is 12.1. The van der Waals surface area contributed by atoms with Crippen LogP contribution in [0, 0.1) is 20.8 Å². The van der Waals surface area contributed by atoms with E-state index in [4.69, 9.17) is 21.1 Å². The lowest BCUT2D eigenvalue weighted by atomic mass is 9.93. The Morgan fingerprint density at radius 1 is 1.09 bits per heavy atom. The molecule has 0 aliphatic carbocycles. The molecule has 2 heterocycles. The summed E-state index contributed by atoms with van der Waals surface area (Å²) in [7, 11) is 0. The van der Waals surface area contributed by atoms with Gasteiger partial charge in [-0.3, -0.25) is 4.90 Å². The number of piperidine rings is 1. The van der Waals surface area contributed by atoms with Gasteiger partial charge in [-0.1, -0.05) is 23.7 Å². The molecule has 3 aromatic rings. The minimum absolute atomic E-state index is 0.265. The summed E-state index contributed by atoms with van der Waals surface area (Å²) in [4.78, 5) is 6.53. The Kier molecular flexibility index (Phi) is 7.81. The van der Waals surface area contributed by atoms with E-state index in [9.17, 15) is 5.11 Å². The first kappa shape index (κ1) is 24.6. The molecule has 1 aliphatic heterocycles. The van der Waals surface area contributed by atoms with Gasteiger partial charge < -0.3 is 19.1 Å². The molecule has 0 amide bonds. The number of rotatable bonds is 9. The van der Waals surface area contributed by atoms with E-state index in [1.807, 2.05) is 51.2 Å². The number of hydrogen-bond donors (Lipinski definition) is 1. The number of aromatic nitrogens is 2. The van der Waals surface area contributed by atoms with Crippen LogP contribution in [0.15, 0.2) is 48.8 Å². The number of hydrogen-bond acceptors (Lipinski definition) is 5. The van der Waals surface area contributed by atoms with Gasteiger partial charge in [0.05, 0.1) is 6.54 Å². The van der Waals surface area contributed by atoms with Gasteiger partial charge in [-0.25, -0.2) is 4.98 Å². The fraction of sp³-hybridized carbons (Fsp3) is 0.444. The average Bonchev–Trinajstić information content (AvgIpc) is 3.21. The molecular weight excluding hydrogens is 450 g/mol. The van der Waals surface area contributed by atoms with Crippen LogP contribution in [0.1, 0.15) is 35.4 Å². The molecule has 1 atom stereocenters. The van der Waals surface area contributed by atoms with Crippen molar-refractivity contribution in [3.63, 3.8) is 0 Å². The minimum atomic E-state index is -0.879. The van der Waals surface area contributed by atoms with Crippen LogP contribution in [0.4, 0.5) is 0 Å². The Balaban J connectivity index is 1.30. The summed E-state index contributed by atoms with van der Waals surface area (Å²) >= 11 is 6.27. The number of aryl methyl sites for hydroxylation is 3. The van der Waals surface area contributed by atoms with Crippen LogP contribution < -0.4 is 9.47 Å². The fourth-order valence-electron chi connectivity index (χ4n) is 4.56. The summed E-state index contributed by atoms with van der Waals surface area (Å²) in [5.74, 6) is 2.60. The monoisotopic (exact) mass is 483 g/mol. The average molecular weight is 484 g/mol. The Hall–Kier alpha value is -2.54. The maximum atomic E-state index is 11.2. The van der Waals surface area contributed by atoms with E-state index in [2.05, 4.69) is 26.6 Å². The summed E-state index contributed by atoms with van der Waals surface area (Å²) < 4.78 is 14.1. The lowest BCUT2D eigenvalue weighted by Gasteiger charge is -2.39. The maximum absolute atomic E-state index is 11.2. The number of likely N-dealkylation sites (tertiary alicyclic amines) is 1. The van der Waals surface area contributed by atoms with E-state index in [0.717, 1.165) is 65.9 Å². The van der Waals surface area contributed by atoms with Crippen molar-refractivity contribution in [3.8, 4) is 11.5 Å². The van der Waals surface area contributed by atoms with Gasteiger partial charge in [0.25, 0.3) is 0 Å². The van der Waals surface area contributed by atoms with Gasteiger partial charge in [-0.05, 0) is 81.1 Å². The minimum Gasteiger partial charge on any atom is -0.492 e. The van der Waals surface area contributed by atoms with Crippen molar-refractivity contribution < 1.29 is 14.6 Å². The number of aliphatic hydroxyl groups is 1. The quantitative estimate of drug-likeness (QED) is 0.466. The molecule has 6 nitrogen and oxygen atoms in total. The standard InChI is InChI=1S/C27H34ClN3O3/c1-20-14-25(15-21(2)26(20)28)34-19-27(32)8-5-10-30(18-27)17-23-6-4-7-24(16-23)33-13-12-31-11-9-29-22(31)3/h4,6-7,9,11,14-16,32H,5,8,10,12-13,17-19H2,1-3H3. The highest BCUT2D eigenvalue weighted by Crippen LogP contribution is 2.28. The third-order valence-electron chi connectivity index (χ3n) is 6.38. The number of ether oxygens (including phenoxy) is 2. The topological polar surface area (TPSA) is 59.8 Å². The highest BCUT2D eigenvalue weighted by atomic mass is 35.5. The van der Waals surface area contributed by atoms with Crippen molar-refractivity contribution >= 4 is 11.6 Å². The van der Waals surface area contributed by atoms with Gasteiger partial charge in [-0.15, -0.1) is 0 Å². The lowest BCUT2D eigenvalue weighted by molar-refractivity contribution is -0.0621. The lowest BCUT2D eigenvalue weighted by Crippen LogP contribution is -2.51. The molecule has 1 saturated heterocycles. The molecule has 0 radical (unpaired) electrons. The Morgan fingerprint density at radius 2 is 1.88 bits per heavy atom. The van der Waals surface area contributed by atoms with E-state index in [1.165, 1.54) is 5.56 Å². The number of nitrogens with zero attached hydrogens (tertiary/aromatic N) is 3. The smallest absolute Gasteiger partial charge is 0.120 e. The van der Waals surface area contributed by atoms with Crippen molar-refractivity contribution in [2.45, 2.75) is 52.3 Å². The Bertz CT molecular complexity index is 1090. The highest BCUT2D eigenvalue weighted by Gasteiger charge is 2.34. The molecule has 0 saturated carbocycles. The summed E-state index contributed by atoms with van der Waals surface area (Å²) in [5, 5.41) is 12.0. The molecule has 182 valence electrons. The van der Waals surface area contributed by atoms with Crippen LogP contribution in [-0.2, 0) is 13.1 Å². The Labute approximate surface area is 207 Å². The third-order valence-corrected chi connectivity index (χ3v) is 6.98. The Morgan fingerprint density at radius 3 is 2.62 bits per heavy atom. The van der Waals surface area contributed by atoms with Gasteiger partial charge in [0, 0.05) is 30.5 Å². The van der Waals surface area contributed by atoms with Crippen LogP contribution in [-0.4, -0.2) is 51.5 Å². The van der Waals surface area contributed by atoms with E-state index in [-0.39, 0.29) is 6.61 Å². The van der Waals surface area contributed by atoms with Crippen LogP contribution in [0.25, 0.3) is 0 Å². The van der Waals surface area contributed by atoms with Crippen molar-refractivity contribution in [2.24, 2.45) is 0 Å². The van der Waals surface area contributed by atoms with Gasteiger partial charge >= 0.3 is 0 Å². The molecule has 4 rings (SSSR count). The number of β-amino-alcohol motifs (C(OH)–C–C–N with tert-alkyl or cyclic N) is 1. The molecule has 1 aromatic heterocycles. The molecule has 34 heavy (non-hydrogen) atoms. The van der Waals surface area contributed by atoms with Gasteiger partial charge in [-0.2, -0.15) is 0 Å². The van der Waals surface area contributed by atoms with Crippen LogP contribution >= 0.6 is 11.6 Å². The van der Waals surface area contributed by atoms with Gasteiger partial charge in [0.1, 0.15) is 36.1 Å². The molecule has 1 fully saturated rings. The van der Waals surface area contributed by atoms with Crippen LogP contribution in [0.3, 0.4) is 0 Å². The second-order valence-corrected chi connectivity index (χ2v) is 9.74. The van der Waals surface area contributed by atoms with E-state index in [0.29, 0.717) is 13.2 Å². The zero-order valence-electron chi connectivity index (χ0n) is 20.3. The molecule has 1 unspecified atom stereocenters. The SMILES string of the molecule is Cc1cc(OCC2(O)CCCN(Cc3cccc(OCCn4ccnc4C)c3)C2)cc(C)c1Cl. The molecule has 1 N–H and O–H groups in total. The maximum Gasteiger partial charge on any atom is 0.120 e. The fourth-order valence-corrected chi connectivity index (χ4v) is 4.67. The van der Waals surface area contributed by atoms with Crippen molar-refractivity contribution in [3.05, 3.63) is 76.3 Å². The molecular formula is C27H34ClN3O3. The van der Waals surface area contributed by atoms with Crippen molar-refractivity contribution in [1.82, 2.24) is 14.5 Å². The number of benzene rings is 2. The van der Waals surface area contributed by atoms with Crippen molar-refractivity contribution in [1.29, 1.82) is 0 Å². The molecule has 0 spiro atoms. The number of imidazole rings is 1. The van der Waals surface area contributed by atoms with Crippen molar-refractivity contribution in [2.75, 3.05) is 26.3 Å². The number of halogens is 1. The first-order valence-electron chi connectivity index (χ1n) is 11.9. The predicted octanol–water partition coefficient (Wildman–Crippen LogP) is 4.95. The highest BCUT2D eigenvalue weighted by molar-refractivity contribution is 6.32. The normalized spacial score (nSPS) is 18.7. The molecule has 2 aromatic carbocycles. The van der Waals surface area contributed by atoms with E-state index >= 15 is 0 Å². The molecule has 1 aliphatic rings. The first-order valence-corrected chi connectivity index (χ1v) is 12.2. The summed E-state index contributed by atoms with van der Waals surface area (Å²) in [6.07, 6.45) is 5.43. The van der Waals surface area contributed by atoms with E-state index < -0.39 is 5.60 Å². The predicted molar refractivity (Wildman–Crippen MR) is 135 cm³/mol.